The lowest BCUT2D eigenvalue weighted by Gasteiger charge is -2.20. The summed E-state index contributed by atoms with van der Waals surface area (Å²) < 4.78 is 0. The van der Waals surface area contributed by atoms with Crippen LogP contribution < -0.4 is 5.32 Å². The molecule has 1 nitrogen and oxygen atoms in total. The van der Waals surface area contributed by atoms with Gasteiger partial charge in [-0.1, -0.05) is 30.7 Å². The molecule has 0 bridgehead atoms. The fraction of sp³-hybridized carbons (Fsp3) is 0.467. The molecule has 0 aliphatic rings. The number of rotatable bonds is 7. The van der Waals surface area contributed by atoms with E-state index in [2.05, 4.69) is 37.9 Å². The lowest BCUT2D eigenvalue weighted by molar-refractivity contribution is 0.501. The Labute approximate surface area is 110 Å². The minimum atomic E-state index is 0.381. The first-order valence-corrected chi connectivity index (χ1v) is 6.67. The van der Waals surface area contributed by atoms with E-state index in [1.165, 1.54) is 11.1 Å². The minimum Gasteiger partial charge on any atom is -0.310 e. The van der Waals surface area contributed by atoms with Crippen molar-refractivity contribution < 1.29 is 0 Å². The van der Waals surface area contributed by atoms with Crippen LogP contribution in [0.1, 0.15) is 43.4 Å². The van der Waals surface area contributed by atoms with E-state index < -0.39 is 0 Å². The van der Waals surface area contributed by atoms with Gasteiger partial charge in [0.25, 0.3) is 0 Å². The van der Waals surface area contributed by atoms with Gasteiger partial charge in [0.2, 0.25) is 0 Å². The van der Waals surface area contributed by atoms with Crippen LogP contribution in [0.25, 0.3) is 0 Å². The predicted molar refractivity (Wildman–Crippen MR) is 76.7 cm³/mol. The van der Waals surface area contributed by atoms with Crippen molar-refractivity contribution in [2.45, 2.75) is 39.2 Å². The van der Waals surface area contributed by atoms with Crippen LogP contribution in [0.3, 0.4) is 0 Å². The van der Waals surface area contributed by atoms with Gasteiger partial charge in [-0.05, 0) is 56.0 Å². The van der Waals surface area contributed by atoms with E-state index in [0.29, 0.717) is 6.04 Å². The lowest BCUT2D eigenvalue weighted by Crippen LogP contribution is -2.22. The van der Waals surface area contributed by atoms with Crippen LogP contribution in [0.15, 0.2) is 30.9 Å². The van der Waals surface area contributed by atoms with Crippen molar-refractivity contribution in [2.24, 2.45) is 0 Å². The highest BCUT2D eigenvalue weighted by molar-refractivity contribution is 6.30. The molecule has 0 saturated heterocycles. The molecular weight excluding hydrogens is 230 g/mol. The van der Waals surface area contributed by atoms with Gasteiger partial charge < -0.3 is 5.32 Å². The summed E-state index contributed by atoms with van der Waals surface area (Å²) in [7, 11) is 0. The third-order valence-corrected chi connectivity index (χ3v) is 3.15. The Morgan fingerprint density at radius 1 is 1.47 bits per heavy atom. The molecule has 0 spiro atoms. The molecule has 0 radical (unpaired) electrons. The molecule has 94 valence electrons. The van der Waals surface area contributed by atoms with Gasteiger partial charge in [0, 0.05) is 11.1 Å². The molecule has 1 atom stereocenters. The maximum atomic E-state index is 6.08. The first kappa shape index (κ1) is 14.3. The maximum absolute atomic E-state index is 6.08. The van der Waals surface area contributed by atoms with Gasteiger partial charge >= 0.3 is 0 Å². The van der Waals surface area contributed by atoms with E-state index in [-0.39, 0.29) is 0 Å². The van der Waals surface area contributed by atoms with Gasteiger partial charge in [0.1, 0.15) is 0 Å². The second-order valence-corrected chi connectivity index (χ2v) is 4.81. The first-order chi connectivity index (χ1) is 8.19. The highest BCUT2D eigenvalue weighted by atomic mass is 35.5. The van der Waals surface area contributed by atoms with E-state index in [4.69, 9.17) is 11.6 Å². The van der Waals surface area contributed by atoms with Crippen LogP contribution in [-0.4, -0.2) is 6.54 Å². The summed E-state index contributed by atoms with van der Waals surface area (Å²) in [5.41, 5.74) is 2.61. The molecule has 17 heavy (non-hydrogen) atoms. The normalized spacial score (nSPS) is 12.4. The summed E-state index contributed by atoms with van der Waals surface area (Å²) in [5, 5.41) is 4.39. The van der Waals surface area contributed by atoms with Crippen LogP contribution in [-0.2, 0) is 0 Å². The molecule has 1 aromatic rings. The Kier molecular flexibility index (Phi) is 6.31. The average molecular weight is 252 g/mol. The molecule has 0 heterocycles. The number of hydrogen-bond acceptors (Lipinski definition) is 1. The average Bonchev–Trinajstić information content (AvgIpc) is 2.33. The van der Waals surface area contributed by atoms with Gasteiger partial charge in [0.05, 0.1) is 0 Å². The zero-order valence-electron chi connectivity index (χ0n) is 10.8. The summed E-state index contributed by atoms with van der Waals surface area (Å²) >= 11 is 6.08. The van der Waals surface area contributed by atoms with Crippen LogP contribution in [0.4, 0.5) is 0 Å². The number of hydrogen-bond donors (Lipinski definition) is 1. The zero-order chi connectivity index (χ0) is 12.7. The van der Waals surface area contributed by atoms with Crippen molar-refractivity contribution in [1.29, 1.82) is 0 Å². The van der Waals surface area contributed by atoms with Crippen LogP contribution >= 0.6 is 11.6 Å². The molecule has 0 amide bonds. The molecule has 1 aromatic carbocycles. The second kappa shape index (κ2) is 7.52. The minimum absolute atomic E-state index is 0.381. The quantitative estimate of drug-likeness (QED) is 0.696. The number of allylic oxidation sites excluding steroid dienone is 1. The number of nitrogens with one attached hydrogen (secondary N) is 1. The summed E-state index contributed by atoms with van der Waals surface area (Å²) in [4.78, 5) is 0. The third kappa shape index (κ3) is 4.53. The fourth-order valence-corrected chi connectivity index (χ4v) is 2.14. The van der Waals surface area contributed by atoms with Gasteiger partial charge in [0.15, 0.2) is 0 Å². The van der Waals surface area contributed by atoms with Crippen molar-refractivity contribution >= 4 is 11.6 Å². The topological polar surface area (TPSA) is 12.0 Å². The molecule has 2 heteroatoms. The summed E-state index contributed by atoms with van der Waals surface area (Å²) in [5.74, 6) is 0. The second-order valence-electron chi connectivity index (χ2n) is 4.37. The Balaban J connectivity index is 2.85. The van der Waals surface area contributed by atoms with Crippen molar-refractivity contribution in [3.63, 3.8) is 0 Å². The maximum Gasteiger partial charge on any atom is 0.0409 e. The summed E-state index contributed by atoms with van der Waals surface area (Å²) in [6.45, 7) is 9.15. The summed E-state index contributed by atoms with van der Waals surface area (Å²) in [6.07, 6.45) is 5.21. The van der Waals surface area contributed by atoms with E-state index >= 15 is 0 Å². The Hall–Kier alpha value is -0.790. The van der Waals surface area contributed by atoms with Crippen molar-refractivity contribution in [3.05, 3.63) is 47.0 Å². The Morgan fingerprint density at radius 3 is 2.88 bits per heavy atom. The van der Waals surface area contributed by atoms with E-state index in [0.717, 1.165) is 30.8 Å². The molecule has 1 N–H and O–H groups in total. The molecule has 0 aromatic heterocycles. The molecule has 0 fully saturated rings. The fourth-order valence-electron chi connectivity index (χ4n) is 1.96. The molecular formula is C15H22ClN. The SMILES string of the molecule is C=CCCC(NCCC)c1cc(Cl)ccc1C. The first-order valence-electron chi connectivity index (χ1n) is 6.29. The smallest absolute Gasteiger partial charge is 0.0409 e. The number of aryl methyl sites for hydroxylation is 1. The van der Waals surface area contributed by atoms with E-state index in [9.17, 15) is 0 Å². The zero-order valence-corrected chi connectivity index (χ0v) is 11.6. The van der Waals surface area contributed by atoms with Gasteiger partial charge in [-0.3, -0.25) is 0 Å². The molecule has 0 aliphatic heterocycles. The Morgan fingerprint density at radius 2 is 2.24 bits per heavy atom. The van der Waals surface area contributed by atoms with Crippen LogP contribution in [0.2, 0.25) is 5.02 Å². The third-order valence-electron chi connectivity index (χ3n) is 2.92. The molecule has 1 unspecified atom stereocenters. The highest BCUT2D eigenvalue weighted by Gasteiger charge is 2.12. The van der Waals surface area contributed by atoms with Crippen molar-refractivity contribution in [2.75, 3.05) is 6.54 Å². The van der Waals surface area contributed by atoms with E-state index in [1.807, 2.05) is 12.1 Å². The standard InChI is InChI=1S/C15H22ClN/c1-4-6-7-15(17-10-5-2)14-11-13(16)9-8-12(14)3/h4,8-9,11,15,17H,1,5-7,10H2,2-3H3. The molecule has 0 saturated carbocycles. The van der Waals surface area contributed by atoms with Gasteiger partial charge in [-0.25, -0.2) is 0 Å². The van der Waals surface area contributed by atoms with Gasteiger partial charge in [-0.15, -0.1) is 6.58 Å². The van der Waals surface area contributed by atoms with Crippen molar-refractivity contribution in [1.82, 2.24) is 5.32 Å². The van der Waals surface area contributed by atoms with Crippen molar-refractivity contribution in [3.8, 4) is 0 Å². The molecule has 1 rings (SSSR count). The monoisotopic (exact) mass is 251 g/mol. The number of benzene rings is 1. The van der Waals surface area contributed by atoms with Crippen LogP contribution in [0.5, 0.6) is 0 Å². The van der Waals surface area contributed by atoms with Gasteiger partial charge in [-0.2, -0.15) is 0 Å². The van der Waals surface area contributed by atoms with E-state index in [1.54, 1.807) is 0 Å². The lowest BCUT2D eigenvalue weighted by atomic mass is 9.97. The van der Waals surface area contributed by atoms with Crippen LogP contribution in [0, 0.1) is 6.92 Å². The number of halogens is 1. The predicted octanol–water partition coefficient (Wildman–Crippen LogP) is 4.66. The Bertz CT molecular complexity index is 360. The largest absolute Gasteiger partial charge is 0.310 e. The summed E-state index contributed by atoms with van der Waals surface area (Å²) in [6, 6.07) is 6.50. The molecule has 0 aliphatic carbocycles. The highest BCUT2D eigenvalue weighted by Crippen LogP contribution is 2.25.